The van der Waals surface area contributed by atoms with Crippen LogP contribution in [-0.4, -0.2) is 40.1 Å². The first-order chi connectivity index (χ1) is 11.0. The van der Waals surface area contributed by atoms with Crippen LogP contribution in [0.5, 0.6) is 0 Å². The summed E-state index contributed by atoms with van der Waals surface area (Å²) in [5.74, 6) is 0.556. The van der Waals surface area contributed by atoms with Gasteiger partial charge in [-0.2, -0.15) is 5.10 Å². The summed E-state index contributed by atoms with van der Waals surface area (Å²) in [6.45, 7) is 1.42. The molecule has 0 aromatic carbocycles. The zero-order valence-corrected chi connectivity index (χ0v) is 14.2. The zero-order valence-electron chi connectivity index (χ0n) is 13.4. The van der Waals surface area contributed by atoms with Gasteiger partial charge in [-0.15, -0.1) is 11.3 Å². The lowest BCUT2D eigenvalue weighted by atomic mass is 10.1. The first-order valence-electron chi connectivity index (χ1n) is 7.64. The van der Waals surface area contributed by atoms with Gasteiger partial charge in [-0.3, -0.25) is 19.2 Å². The Bertz CT molecular complexity index is 721. The molecule has 3 heterocycles. The van der Waals surface area contributed by atoms with Gasteiger partial charge in [-0.25, -0.2) is 0 Å². The minimum absolute atomic E-state index is 0.0459. The van der Waals surface area contributed by atoms with E-state index in [-0.39, 0.29) is 24.7 Å². The van der Waals surface area contributed by atoms with E-state index in [1.54, 1.807) is 42.4 Å². The highest BCUT2D eigenvalue weighted by atomic mass is 32.1. The van der Waals surface area contributed by atoms with Gasteiger partial charge in [0.1, 0.15) is 0 Å². The Balaban J connectivity index is 1.52. The minimum Gasteiger partial charge on any atom is -0.338 e. The molecule has 0 aliphatic carbocycles. The lowest BCUT2D eigenvalue weighted by Gasteiger charge is -2.27. The molecule has 0 atom stereocenters. The highest BCUT2D eigenvalue weighted by Crippen LogP contribution is 2.24. The number of aromatic nitrogens is 2. The van der Waals surface area contributed by atoms with Crippen LogP contribution in [0, 0.1) is 0 Å². The fourth-order valence-corrected chi connectivity index (χ4v) is 3.60. The van der Waals surface area contributed by atoms with E-state index in [1.807, 2.05) is 4.90 Å². The van der Waals surface area contributed by atoms with Crippen LogP contribution >= 0.6 is 11.3 Å². The summed E-state index contributed by atoms with van der Waals surface area (Å²) >= 11 is 1.75. The zero-order chi connectivity index (χ0) is 16.4. The number of nitrogens with zero attached hydrogens (tertiary/aromatic N) is 4. The molecule has 0 saturated heterocycles. The maximum Gasteiger partial charge on any atom is 0.228 e. The number of anilines is 1. The van der Waals surface area contributed by atoms with E-state index < -0.39 is 0 Å². The highest BCUT2D eigenvalue weighted by Gasteiger charge is 2.22. The summed E-state index contributed by atoms with van der Waals surface area (Å²) in [5.41, 5.74) is 1.24. The fraction of sp³-hybridized carbons (Fsp3) is 0.438. The van der Waals surface area contributed by atoms with Crippen LogP contribution in [0.1, 0.15) is 23.3 Å². The van der Waals surface area contributed by atoms with Gasteiger partial charge in [0.25, 0.3) is 0 Å². The second kappa shape index (κ2) is 6.54. The van der Waals surface area contributed by atoms with E-state index in [0.717, 1.165) is 13.0 Å². The molecule has 122 valence electrons. The Kier molecular flexibility index (Phi) is 4.47. The van der Waals surface area contributed by atoms with E-state index in [2.05, 4.69) is 16.5 Å². The number of amides is 2. The summed E-state index contributed by atoms with van der Waals surface area (Å²) in [4.78, 5) is 29.3. The predicted molar refractivity (Wildman–Crippen MR) is 89.3 cm³/mol. The molecule has 23 heavy (non-hydrogen) atoms. The molecule has 0 saturated carbocycles. The molecule has 1 aliphatic rings. The van der Waals surface area contributed by atoms with Crippen LogP contribution in [0.2, 0.25) is 0 Å². The number of aryl methyl sites for hydroxylation is 1. The van der Waals surface area contributed by atoms with Crippen LogP contribution in [-0.2, 0) is 29.6 Å². The molecule has 0 unspecified atom stereocenters. The van der Waals surface area contributed by atoms with Crippen molar-refractivity contribution >= 4 is 29.0 Å². The van der Waals surface area contributed by atoms with E-state index in [9.17, 15) is 9.59 Å². The summed E-state index contributed by atoms with van der Waals surface area (Å²) in [6.07, 6.45) is 3.16. The van der Waals surface area contributed by atoms with Gasteiger partial charge in [0.15, 0.2) is 5.82 Å². The summed E-state index contributed by atoms with van der Waals surface area (Å²) < 4.78 is 1.65. The molecule has 1 aliphatic heterocycles. The number of thiophene rings is 1. The quantitative estimate of drug-likeness (QED) is 0.858. The smallest absolute Gasteiger partial charge is 0.228 e. The molecule has 0 N–H and O–H groups in total. The standard InChI is InChI=1S/C16H20N4O2S/c1-18-8-6-14(17-18)19(2)15(21)3-4-16(22)20-9-5-13-12(11-20)7-10-23-13/h6-8,10H,3-5,9,11H2,1-2H3. The molecule has 0 radical (unpaired) electrons. The third kappa shape index (κ3) is 3.44. The first-order valence-corrected chi connectivity index (χ1v) is 8.52. The van der Waals surface area contributed by atoms with Gasteiger partial charge in [0, 0.05) is 57.2 Å². The van der Waals surface area contributed by atoms with Crippen molar-refractivity contribution in [1.29, 1.82) is 0 Å². The van der Waals surface area contributed by atoms with E-state index in [1.165, 1.54) is 15.3 Å². The van der Waals surface area contributed by atoms with Crippen molar-refractivity contribution in [3.8, 4) is 0 Å². The topological polar surface area (TPSA) is 58.4 Å². The number of hydrogen-bond donors (Lipinski definition) is 0. The molecule has 7 heteroatoms. The molecule has 0 bridgehead atoms. The Morgan fingerprint density at radius 2 is 2.17 bits per heavy atom. The van der Waals surface area contributed by atoms with Crippen molar-refractivity contribution in [3.63, 3.8) is 0 Å². The third-order valence-corrected chi connectivity index (χ3v) is 5.15. The van der Waals surface area contributed by atoms with Crippen LogP contribution < -0.4 is 4.90 Å². The molecular weight excluding hydrogens is 312 g/mol. The molecular formula is C16H20N4O2S. The average Bonchev–Trinajstić information content (AvgIpc) is 3.19. The van der Waals surface area contributed by atoms with Crippen molar-refractivity contribution in [2.75, 3.05) is 18.5 Å². The second-order valence-corrected chi connectivity index (χ2v) is 6.74. The van der Waals surface area contributed by atoms with Crippen LogP contribution in [0.15, 0.2) is 23.7 Å². The lowest BCUT2D eigenvalue weighted by Crippen LogP contribution is -2.36. The molecule has 3 rings (SSSR count). The van der Waals surface area contributed by atoms with Gasteiger partial charge in [-0.05, 0) is 23.4 Å². The predicted octanol–water partition coefficient (Wildman–Crippen LogP) is 1.81. The number of hydrogen-bond acceptors (Lipinski definition) is 4. The summed E-state index contributed by atoms with van der Waals surface area (Å²) in [7, 11) is 3.49. The summed E-state index contributed by atoms with van der Waals surface area (Å²) in [5, 5.41) is 6.27. The Morgan fingerprint density at radius 1 is 1.35 bits per heavy atom. The lowest BCUT2D eigenvalue weighted by molar-refractivity contribution is -0.133. The van der Waals surface area contributed by atoms with Crippen LogP contribution in [0.3, 0.4) is 0 Å². The minimum atomic E-state index is -0.0923. The maximum absolute atomic E-state index is 12.3. The summed E-state index contributed by atoms with van der Waals surface area (Å²) in [6, 6.07) is 3.86. The van der Waals surface area contributed by atoms with Crippen molar-refractivity contribution in [3.05, 3.63) is 34.2 Å². The van der Waals surface area contributed by atoms with Gasteiger partial charge >= 0.3 is 0 Å². The van der Waals surface area contributed by atoms with Crippen molar-refractivity contribution in [1.82, 2.24) is 14.7 Å². The number of carbonyl (C=O) groups excluding carboxylic acids is 2. The van der Waals surface area contributed by atoms with Gasteiger partial charge in [-0.1, -0.05) is 0 Å². The maximum atomic E-state index is 12.3. The Labute approximate surface area is 139 Å². The fourth-order valence-electron chi connectivity index (χ4n) is 2.71. The van der Waals surface area contributed by atoms with Gasteiger partial charge < -0.3 is 4.90 Å². The molecule has 6 nitrogen and oxygen atoms in total. The van der Waals surface area contributed by atoms with Gasteiger partial charge in [0.05, 0.1) is 0 Å². The van der Waals surface area contributed by atoms with Crippen LogP contribution in [0.4, 0.5) is 5.82 Å². The average molecular weight is 332 g/mol. The molecule has 2 aromatic rings. The first kappa shape index (κ1) is 15.7. The van der Waals surface area contributed by atoms with E-state index in [4.69, 9.17) is 0 Å². The second-order valence-electron chi connectivity index (χ2n) is 5.73. The number of rotatable bonds is 4. The Morgan fingerprint density at radius 3 is 2.91 bits per heavy atom. The third-order valence-electron chi connectivity index (χ3n) is 4.13. The normalized spacial score (nSPS) is 13.7. The van der Waals surface area contributed by atoms with Crippen molar-refractivity contribution in [2.45, 2.75) is 25.8 Å². The SMILES string of the molecule is CN(C(=O)CCC(=O)N1CCc2sccc2C1)c1ccn(C)n1. The van der Waals surface area contributed by atoms with Crippen molar-refractivity contribution < 1.29 is 9.59 Å². The highest BCUT2D eigenvalue weighted by molar-refractivity contribution is 7.10. The molecule has 0 fully saturated rings. The Hall–Kier alpha value is -2.15. The van der Waals surface area contributed by atoms with E-state index >= 15 is 0 Å². The van der Waals surface area contributed by atoms with Crippen LogP contribution in [0.25, 0.3) is 0 Å². The molecule has 2 aromatic heterocycles. The van der Waals surface area contributed by atoms with Crippen molar-refractivity contribution in [2.24, 2.45) is 7.05 Å². The number of fused-ring (bicyclic) bond motifs is 1. The molecule has 2 amide bonds. The molecule has 0 spiro atoms. The number of carbonyl (C=O) groups is 2. The van der Waals surface area contributed by atoms with Gasteiger partial charge in [0.2, 0.25) is 11.8 Å². The largest absolute Gasteiger partial charge is 0.338 e. The monoisotopic (exact) mass is 332 g/mol. The van der Waals surface area contributed by atoms with E-state index in [0.29, 0.717) is 12.4 Å².